The van der Waals surface area contributed by atoms with E-state index in [1.165, 1.54) is 0 Å². The lowest BCUT2D eigenvalue weighted by molar-refractivity contribution is 0.0665. The number of fused-ring (bicyclic) bond motifs is 1. The molecule has 0 spiro atoms. The number of nitrogens with zero attached hydrogens (tertiary/aromatic N) is 3. The standard InChI is InChI=1S/C29H27N3O3/c1-32(2)29(33)21-5-3-20(4-6-21)27-17-26-28(35-27)25(9-12-31-26)23-8-7-22(24(16-23)18-30)15-19-10-13-34-14-11-19/h3-9,12,16-17,19H,10-11,13-15H2,1-2H3. The van der Waals surface area contributed by atoms with Crippen molar-refractivity contribution in [2.45, 2.75) is 19.3 Å². The van der Waals surface area contributed by atoms with Gasteiger partial charge in [0.15, 0.2) is 5.58 Å². The number of amides is 1. The third-order valence-corrected chi connectivity index (χ3v) is 6.63. The largest absolute Gasteiger partial charge is 0.454 e. The summed E-state index contributed by atoms with van der Waals surface area (Å²) in [5, 5.41) is 9.84. The summed E-state index contributed by atoms with van der Waals surface area (Å²) in [6.45, 7) is 1.60. The normalized spacial score (nSPS) is 14.1. The van der Waals surface area contributed by atoms with Crippen LogP contribution in [0.15, 0.2) is 65.2 Å². The molecule has 2 aromatic heterocycles. The van der Waals surface area contributed by atoms with Gasteiger partial charge in [-0.1, -0.05) is 24.3 Å². The van der Waals surface area contributed by atoms with Crippen LogP contribution in [0.1, 0.15) is 34.3 Å². The first kappa shape index (κ1) is 22.8. The van der Waals surface area contributed by atoms with Gasteiger partial charge in [-0.25, -0.2) is 0 Å². The van der Waals surface area contributed by atoms with Crippen LogP contribution < -0.4 is 0 Å². The number of benzene rings is 2. The van der Waals surface area contributed by atoms with Crippen LogP contribution >= 0.6 is 0 Å². The summed E-state index contributed by atoms with van der Waals surface area (Å²) in [7, 11) is 3.47. The molecule has 0 unspecified atom stereocenters. The van der Waals surface area contributed by atoms with Crippen LogP contribution in [0.25, 0.3) is 33.6 Å². The first-order valence-corrected chi connectivity index (χ1v) is 11.9. The maximum atomic E-state index is 12.2. The van der Waals surface area contributed by atoms with Crippen molar-refractivity contribution >= 4 is 17.0 Å². The van der Waals surface area contributed by atoms with Gasteiger partial charge in [-0.2, -0.15) is 5.26 Å². The highest BCUT2D eigenvalue weighted by Crippen LogP contribution is 2.35. The Bertz CT molecular complexity index is 1410. The van der Waals surface area contributed by atoms with E-state index in [9.17, 15) is 10.1 Å². The van der Waals surface area contributed by atoms with Crippen molar-refractivity contribution in [2.24, 2.45) is 5.92 Å². The zero-order valence-corrected chi connectivity index (χ0v) is 20.0. The Morgan fingerprint density at radius 3 is 2.51 bits per heavy atom. The number of ether oxygens (including phenoxy) is 1. The molecule has 5 rings (SSSR count). The minimum Gasteiger partial charge on any atom is -0.454 e. The van der Waals surface area contributed by atoms with Gasteiger partial charge >= 0.3 is 0 Å². The predicted octanol–water partition coefficient (Wildman–Crippen LogP) is 5.70. The smallest absolute Gasteiger partial charge is 0.253 e. The Hall–Kier alpha value is -3.95. The Balaban J connectivity index is 1.46. The Morgan fingerprint density at radius 2 is 1.80 bits per heavy atom. The van der Waals surface area contributed by atoms with Gasteiger partial charge in [0.05, 0.1) is 11.6 Å². The van der Waals surface area contributed by atoms with Crippen LogP contribution in [0, 0.1) is 17.2 Å². The fourth-order valence-electron chi connectivity index (χ4n) is 4.63. The molecule has 0 saturated carbocycles. The zero-order chi connectivity index (χ0) is 24.4. The Morgan fingerprint density at radius 1 is 1.06 bits per heavy atom. The van der Waals surface area contributed by atoms with E-state index in [4.69, 9.17) is 9.15 Å². The van der Waals surface area contributed by atoms with Crippen LogP contribution in [0.4, 0.5) is 0 Å². The summed E-state index contributed by atoms with van der Waals surface area (Å²) in [6.07, 6.45) is 4.74. The molecule has 3 heterocycles. The van der Waals surface area contributed by atoms with Crippen molar-refractivity contribution < 1.29 is 13.9 Å². The number of hydrogen-bond acceptors (Lipinski definition) is 5. The molecule has 2 aromatic carbocycles. The number of hydrogen-bond donors (Lipinski definition) is 0. The molecule has 176 valence electrons. The van der Waals surface area contributed by atoms with Gasteiger partial charge in [0, 0.05) is 56.3 Å². The average Bonchev–Trinajstić information content (AvgIpc) is 3.34. The average molecular weight is 466 g/mol. The molecule has 0 aliphatic carbocycles. The van der Waals surface area contributed by atoms with Crippen LogP contribution in [-0.2, 0) is 11.2 Å². The summed E-state index contributed by atoms with van der Waals surface area (Å²) < 4.78 is 11.7. The first-order chi connectivity index (χ1) is 17.0. The van der Waals surface area contributed by atoms with E-state index in [0.717, 1.165) is 60.2 Å². The molecule has 6 nitrogen and oxygen atoms in total. The van der Waals surface area contributed by atoms with E-state index in [-0.39, 0.29) is 5.91 Å². The summed E-state index contributed by atoms with van der Waals surface area (Å²) in [6, 6.07) is 19.7. The quantitative estimate of drug-likeness (QED) is 0.377. The lowest BCUT2D eigenvalue weighted by Gasteiger charge is -2.22. The summed E-state index contributed by atoms with van der Waals surface area (Å²) in [5.74, 6) is 1.19. The van der Waals surface area contributed by atoms with Crippen LogP contribution in [0.2, 0.25) is 0 Å². The molecule has 0 atom stereocenters. The van der Waals surface area contributed by atoms with Crippen molar-refractivity contribution in [3.8, 4) is 28.5 Å². The second-order valence-electron chi connectivity index (χ2n) is 9.20. The van der Waals surface area contributed by atoms with Gasteiger partial charge < -0.3 is 14.1 Å². The van der Waals surface area contributed by atoms with Crippen molar-refractivity contribution in [3.63, 3.8) is 0 Å². The van der Waals surface area contributed by atoms with Crippen LogP contribution in [0.5, 0.6) is 0 Å². The lowest BCUT2D eigenvalue weighted by atomic mass is 9.89. The fraction of sp³-hybridized carbons (Fsp3) is 0.276. The van der Waals surface area contributed by atoms with E-state index in [1.807, 2.05) is 30.3 Å². The van der Waals surface area contributed by atoms with Gasteiger partial charge in [0.2, 0.25) is 0 Å². The molecule has 0 radical (unpaired) electrons. The fourth-order valence-corrected chi connectivity index (χ4v) is 4.63. The highest BCUT2D eigenvalue weighted by Gasteiger charge is 2.18. The third-order valence-electron chi connectivity index (χ3n) is 6.63. The third kappa shape index (κ3) is 4.68. The van der Waals surface area contributed by atoms with Gasteiger partial charge in [-0.15, -0.1) is 0 Å². The number of carbonyl (C=O) groups is 1. The Kier molecular flexibility index (Phi) is 6.35. The SMILES string of the molecule is CN(C)C(=O)c1ccc(-c2cc3nccc(-c4ccc(CC5CCOCC5)c(C#N)c4)c3o2)cc1. The molecule has 1 saturated heterocycles. The summed E-state index contributed by atoms with van der Waals surface area (Å²) in [5.41, 5.74) is 6.53. The van der Waals surface area contributed by atoms with Gasteiger partial charge in [-0.05, 0) is 60.6 Å². The maximum Gasteiger partial charge on any atom is 0.253 e. The molecule has 35 heavy (non-hydrogen) atoms. The minimum atomic E-state index is -0.0429. The summed E-state index contributed by atoms with van der Waals surface area (Å²) in [4.78, 5) is 18.2. The second kappa shape index (κ2) is 9.73. The minimum absolute atomic E-state index is 0.0429. The predicted molar refractivity (Wildman–Crippen MR) is 135 cm³/mol. The number of rotatable bonds is 5. The van der Waals surface area contributed by atoms with Gasteiger partial charge in [-0.3, -0.25) is 9.78 Å². The molecule has 1 aliphatic rings. The first-order valence-electron chi connectivity index (χ1n) is 11.9. The number of furan rings is 1. The van der Waals surface area contributed by atoms with Crippen molar-refractivity contribution in [2.75, 3.05) is 27.3 Å². The highest BCUT2D eigenvalue weighted by atomic mass is 16.5. The number of carbonyl (C=O) groups excluding carboxylic acids is 1. The molecule has 4 aromatic rings. The van der Waals surface area contributed by atoms with Gasteiger partial charge in [0.25, 0.3) is 5.91 Å². The highest BCUT2D eigenvalue weighted by molar-refractivity contribution is 5.95. The lowest BCUT2D eigenvalue weighted by Crippen LogP contribution is -2.21. The molecule has 6 heteroatoms. The molecular formula is C29H27N3O3. The van der Waals surface area contributed by atoms with E-state index >= 15 is 0 Å². The number of pyridine rings is 1. The second-order valence-corrected chi connectivity index (χ2v) is 9.20. The van der Waals surface area contributed by atoms with Crippen molar-refractivity contribution in [1.82, 2.24) is 9.88 Å². The van der Waals surface area contributed by atoms with Crippen LogP contribution in [-0.4, -0.2) is 43.1 Å². The molecule has 0 N–H and O–H groups in total. The molecule has 0 bridgehead atoms. The molecule has 1 fully saturated rings. The number of nitriles is 1. The maximum absolute atomic E-state index is 12.2. The Labute approximate surface area is 204 Å². The van der Waals surface area contributed by atoms with Crippen LogP contribution in [0.3, 0.4) is 0 Å². The van der Waals surface area contributed by atoms with E-state index in [0.29, 0.717) is 28.4 Å². The zero-order valence-electron chi connectivity index (χ0n) is 20.0. The van der Waals surface area contributed by atoms with E-state index in [1.54, 1.807) is 37.3 Å². The summed E-state index contributed by atoms with van der Waals surface area (Å²) >= 11 is 0. The molecule has 1 amide bonds. The van der Waals surface area contributed by atoms with Crippen molar-refractivity contribution in [1.29, 1.82) is 5.26 Å². The van der Waals surface area contributed by atoms with E-state index < -0.39 is 0 Å². The topological polar surface area (TPSA) is 79.4 Å². The van der Waals surface area contributed by atoms with Crippen molar-refractivity contribution in [3.05, 3.63) is 77.5 Å². The van der Waals surface area contributed by atoms with E-state index in [2.05, 4.69) is 23.2 Å². The molecular weight excluding hydrogens is 438 g/mol. The monoisotopic (exact) mass is 465 g/mol. The molecule has 1 aliphatic heterocycles. The number of aromatic nitrogens is 1. The van der Waals surface area contributed by atoms with Gasteiger partial charge in [0.1, 0.15) is 11.3 Å².